The number of rotatable bonds is 4. The molecule has 3 rings (SSSR count). The van der Waals surface area contributed by atoms with Crippen molar-refractivity contribution in [1.29, 1.82) is 0 Å². The molecule has 118 valence electrons. The van der Waals surface area contributed by atoms with Crippen molar-refractivity contribution in [2.24, 2.45) is 5.41 Å². The fourth-order valence-electron chi connectivity index (χ4n) is 2.34. The third-order valence-electron chi connectivity index (χ3n) is 3.70. The second-order valence-electron chi connectivity index (χ2n) is 6.31. The van der Waals surface area contributed by atoms with E-state index < -0.39 is 5.41 Å². The SMILES string of the molecule is Cc1ccc2nc(CC(C)(C)C(=O)Nc3ccccn3)oc2c1. The Labute approximate surface area is 134 Å². The zero-order chi connectivity index (χ0) is 16.4. The number of amides is 1. The van der Waals surface area contributed by atoms with E-state index in [4.69, 9.17) is 4.42 Å². The molecule has 0 aliphatic rings. The quantitative estimate of drug-likeness (QED) is 0.797. The average molecular weight is 309 g/mol. The molecule has 1 N–H and O–H groups in total. The van der Waals surface area contributed by atoms with E-state index in [0.29, 0.717) is 18.1 Å². The van der Waals surface area contributed by atoms with Crippen LogP contribution in [0.4, 0.5) is 5.82 Å². The Balaban J connectivity index is 1.77. The van der Waals surface area contributed by atoms with E-state index in [9.17, 15) is 4.79 Å². The van der Waals surface area contributed by atoms with Gasteiger partial charge in [0.25, 0.3) is 0 Å². The molecule has 3 aromatic rings. The van der Waals surface area contributed by atoms with Gasteiger partial charge in [0.2, 0.25) is 5.91 Å². The third-order valence-corrected chi connectivity index (χ3v) is 3.70. The van der Waals surface area contributed by atoms with Gasteiger partial charge in [-0.1, -0.05) is 26.0 Å². The maximum atomic E-state index is 12.5. The number of anilines is 1. The molecule has 0 spiro atoms. The molecule has 0 unspecified atom stereocenters. The van der Waals surface area contributed by atoms with E-state index >= 15 is 0 Å². The van der Waals surface area contributed by atoms with Crippen molar-refractivity contribution in [3.05, 3.63) is 54.0 Å². The summed E-state index contributed by atoms with van der Waals surface area (Å²) in [5, 5.41) is 2.83. The van der Waals surface area contributed by atoms with Crippen LogP contribution >= 0.6 is 0 Å². The summed E-state index contributed by atoms with van der Waals surface area (Å²) in [6.07, 6.45) is 2.06. The van der Waals surface area contributed by atoms with Crippen LogP contribution in [0.5, 0.6) is 0 Å². The Morgan fingerprint density at radius 3 is 2.83 bits per heavy atom. The molecule has 1 aromatic carbocycles. The molecular formula is C18H19N3O2. The first-order chi connectivity index (χ1) is 10.9. The fraction of sp³-hybridized carbons (Fsp3) is 0.278. The first-order valence-electron chi connectivity index (χ1n) is 7.53. The molecule has 0 aliphatic heterocycles. The predicted molar refractivity (Wildman–Crippen MR) is 89.1 cm³/mol. The van der Waals surface area contributed by atoms with Gasteiger partial charge in [-0.15, -0.1) is 0 Å². The molecule has 1 amide bonds. The molecule has 0 saturated heterocycles. The second kappa shape index (κ2) is 5.83. The molecule has 0 bridgehead atoms. The van der Waals surface area contributed by atoms with Crippen LogP contribution < -0.4 is 5.32 Å². The Morgan fingerprint density at radius 1 is 1.26 bits per heavy atom. The summed E-state index contributed by atoms with van der Waals surface area (Å²) in [4.78, 5) is 21.1. The number of benzene rings is 1. The third kappa shape index (κ3) is 3.39. The lowest BCUT2D eigenvalue weighted by Crippen LogP contribution is -2.33. The van der Waals surface area contributed by atoms with Crippen molar-refractivity contribution in [2.75, 3.05) is 5.32 Å². The molecule has 0 fully saturated rings. The summed E-state index contributed by atoms with van der Waals surface area (Å²) in [6.45, 7) is 5.74. The molecule has 0 saturated carbocycles. The van der Waals surface area contributed by atoms with Crippen LogP contribution in [0.25, 0.3) is 11.1 Å². The Hall–Kier alpha value is -2.69. The van der Waals surface area contributed by atoms with Gasteiger partial charge in [0, 0.05) is 12.6 Å². The molecule has 0 aliphatic carbocycles. The second-order valence-corrected chi connectivity index (χ2v) is 6.31. The van der Waals surface area contributed by atoms with Gasteiger partial charge in [0.05, 0.1) is 5.41 Å². The number of aromatic nitrogens is 2. The van der Waals surface area contributed by atoms with Gasteiger partial charge in [-0.25, -0.2) is 9.97 Å². The molecule has 0 atom stereocenters. The zero-order valence-electron chi connectivity index (χ0n) is 13.5. The van der Waals surface area contributed by atoms with E-state index in [1.807, 2.05) is 45.0 Å². The fourth-order valence-corrected chi connectivity index (χ4v) is 2.34. The van der Waals surface area contributed by atoms with Gasteiger partial charge < -0.3 is 9.73 Å². The highest BCUT2D eigenvalue weighted by Gasteiger charge is 2.30. The summed E-state index contributed by atoms with van der Waals surface area (Å²) in [7, 11) is 0. The molecule has 23 heavy (non-hydrogen) atoms. The molecular weight excluding hydrogens is 290 g/mol. The summed E-state index contributed by atoms with van der Waals surface area (Å²) >= 11 is 0. The van der Waals surface area contributed by atoms with E-state index in [-0.39, 0.29) is 5.91 Å². The van der Waals surface area contributed by atoms with Crippen LogP contribution in [0.3, 0.4) is 0 Å². The van der Waals surface area contributed by atoms with E-state index in [1.165, 1.54) is 0 Å². The average Bonchev–Trinajstić information content (AvgIpc) is 2.88. The minimum absolute atomic E-state index is 0.116. The minimum atomic E-state index is -0.659. The number of nitrogens with zero attached hydrogens (tertiary/aromatic N) is 2. The first-order valence-corrected chi connectivity index (χ1v) is 7.53. The number of pyridine rings is 1. The van der Waals surface area contributed by atoms with E-state index in [1.54, 1.807) is 18.3 Å². The highest BCUT2D eigenvalue weighted by atomic mass is 16.3. The molecule has 0 radical (unpaired) electrons. The summed E-state index contributed by atoms with van der Waals surface area (Å²) < 4.78 is 5.78. The van der Waals surface area contributed by atoms with Crippen molar-refractivity contribution in [3.8, 4) is 0 Å². The zero-order valence-corrected chi connectivity index (χ0v) is 13.5. The normalized spacial score (nSPS) is 11.6. The molecule has 2 aromatic heterocycles. The Bertz CT molecular complexity index is 838. The summed E-state index contributed by atoms with van der Waals surface area (Å²) in [6, 6.07) is 11.3. The lowest BCUT2D eigenvalue weighted by atomic mass is 9.88. The molecule has 2 heterocycles. The number of nitrogens with one attached hydrogen (secondary N) is 1. The van der Waals surface area contributed by atoms with Gasteiger partial charge in [0.1, 0.15) is 11.3 Å². The Kier molecular flexibility index (Phi) is 3.86. The number of hydrogen-bond donors (Lipinski definition) is 1. The highest BCUT2D eigenvalue weighted by Crippen LogP contribution is 2.26. The highest BCUT2D eigenvalue weighted by molar-refractivity contribution is 5.94. The number of hydrogen-bond acceptors (Lipinski definition) is 4. The van der Waals surface area contributed by atoms with Crippen molar-refractivity contribution in [2.45, 2.75) is 27.2 Å². The number of oxazole rings is 1. The number of aryl methyl sites for hydroxylation is 1. The molecule has 5 nitrogen and oxygen atoms in total. The van der Waals surface area contributed by atoms with Crippen molar-refractivity contribution < 1.29 is 9.21 Å². The van der Waals surface area contributed by atoms with Crippen LogP contribution in [0.1, 0.15) is 25.3 Å². The maximum absolute atomic E-state index is 12.5. The molecule has 5 heteroatoms. The van der Waals surface area contributed by atoms with Gasteiger partial charge in [-0.3, -0.25) is 4.79 Å². The van der Waals surface area contributed by atoms with Crippen LogP contribution in [0, 0.1) is 12.3 Å². The van der Waals surface area contributed by atoms with Crippen molar-refractivity contribution in [3.63, 3.8) is 0 Å². The maximum Gasteiger partial charge on any atom is 0.231 e. The minimum Gasteiger partial charge on any atom is -0.441 e. The predicted octanol–water partition coefficient (Wildman–Crippen LogP) is 3.74. The summed E-state index contributed by atoms with van der Waals surface area (Å²) in [5.41, 5.74) is 2.02. The van der Waals surface area contributed by atoms with Crippen LogP contribution in [-0.2, 0) is 11.2 Å². The van der Waals surface area contributed by atoms with Crippen LogP contribution in [0.15, 0.2) is 47.0 Å². The number of carbonyl (C=O) groups excluding carboxylic acids is 1. The Morgan fingerprint density at radius 2 is 2.09 bits per heavy atom. The smallest absolute Gasteiger partial charge is 0.231 e. The summed E-state index contributed by atoms with van der Waals surface area (Å²) in [5.74, 6) is 0.986. The number of fused-ring (bicyclic) bond motifs is 1. The standard InChI is InChI=1S/C18H19N3O2/c1-12-7-8-13-14(10-12)23-16(20-13)11-18(2,3)17(22)21-15-6-4-5-9-19-15/h4-10H,11H2,1-3H3,(H,19,21,22). The van der Waals surface area contributed by atoms with Crippen molar-refractivity contribution in [1.82, 2.24) is 9.97 Å². The first kappa shape index (κ1) is 15.2. The van der Waals surface area contributed by atoms with E-state index in [2.05, 4.69) is 15.3 Å². The van der Waals surface area contributed by atoms with Gasteiger partial charge in [-0.05, 0) is 36.8 Å². The van der Waals surface area contributed by atoms with Gasteiger partial charge >= 0.3 is 0 Å². The largest absolute Gasteiger partial charge is 0.441 e. The van der Waals surface area contributed by atoms with Gasteiger partial charge in [0.15, 0.2) is 11.5 Å². The topological polar surface area (TPSA) is 68.0 Å². The lowest BCUT2D eigenvalue weighted by Gasteiger charge is -2.21. The van der Waals surface area contributed by atoms with Crippen LogP contribution in [-0.4, -0.2) is 15.9 Å². The van der Waals surface area contributed by atoms with Crippen LogP contribution in [0.2, 0.25) is 0 Å². The van der Waals surface area contributed by atoms with E-state index in [0.717, 1.165) is 16.7 Å². The lowest BCUT2D eigenvalue weighted by molar-refractivity contribution is -0.124. The monoisotopic (exact) mass is 309 g/mol. The number of carbonyl (C=O) groups is 1. The van der Waals surface area contributed by atoms with Crippen molar-refractivity contribution >= 4 is 22.8 Å². The van der Waals surface area contributed by atoms with Gasteiger partial charge in [-0.2, -0.15) is 0 Å².